The van der Waals surface area contributed by atoms with Gasteiger partial charge in [-0.3, -0.25) is 14.7 Å². The number of aromatic amines is 1. The molecule has 2 aromatic carbocycles. The van der Waals surface area contributed by atoms with Crippen molar-refractivity contribution in [1.82, 2.24) is 10.2 Å². The van der Waals surface area contributed by atoms with Crippen LogP contribution in [-0.4, -0.2) is 34.0 Å². The van der Waals surface area contributed by atoms with Crippen molar-refractivity contribution in [2.45, 2.75) is 38.5 Å². The second-order valence-corrected chi connectivity index (χ2v) is 7.93. The van der Waals surface area contributed by atoms with Crippen LogP contribution in [0, 0.1) is 0 Å². The van der Waals surface area contributed by atoms with Crippen LogP contribution in [0.25, 0.3) is 11.3 Å². The predicted octanol–water partition coefficient (Wildman–Crippen LogP) is 4.64. The van der Waals surface area contributed by atoms with Crippen molar-refractivity contribution >= 4 is 11.6 Å². The van der Waals surface area contributed by atoms with Crippen molar-refractivity contribution in [3.63, 3.8) is 0 Å². The number of anilines is 1. The third-order valence-corrected chi connectivity index (χ3v) is 5.12. The minimum absolute atomic E-state index is 0.0187. The average Bonchev–Trinajstić information content (AvgIpc) is 2.78. The van der Waals surface area contributed by atoms with Crippen LogP contribution in [-0.2, 0) is 5.60 Å². The van der Waals surface area contributed by atoms with Crippen molar-refractivity contribution in [1.29, 1.82) is 0 Å². The number of benzene rings is 2. The average molecular weight is 475 g/mol. The van der Waals surface area contributed by atoms with Crippen molar-refractivity contribution in [2.24, 2.45) is 0 Å². The molecule has 0 saturated carbocycles. The number of para-hydroxylation sites is 1. The van der Waals surface area contributed by atoms with Gasteiger partial charge in [0.15, 0.2) is 6.61 Å². The molecule has 1 amide bonds. The highest BCUT2D eigenvalue weighted by atomic mass is 19.4. The Morgan fingerprint density at radius 2 is 1.82 bits per heavy atom. The minimum Gasteiger partial charge on any atom is -0.483 e. The van der Waals surface area contributed by atoms with E-state index in [-0.39, 0.29) is 22.6 Å². The van der Waals surface area contributed by atoms with E-state index in [2.05, 4.69) is 15.5 Å². The van der Waals surface area contributed by atoms with Crippen LogP contribution in [0.4, 0.5) is 18.9 Å². The normalized spacial score (nSPS) is 13.2. The summed E-state index contributed by atoms with van der Waals surface area (Å²) in [5.41, 5.74) is -1.21. The van der Waals surface area contributed by atoms with E-state index in [0.29, 0.717) is 17.7 Å². The summed E-state index contributed by atoms with van der Waals surface area (Å²) in [6.45, 7) is 2.13. The Morgan fingerprint density at radius 3 is 2.47 bits per heavy atom. The molecule has 1 unspecified atom stereocenters. The first-order chi connectivity index (χ1) is 16.0. The first kappa shape index (κ1) is 25.0. The lowest BCUT2D eigenvalue weighted by atomic mass is 9.91. The second kappa shape index (κ2) is 10.1. The zero-order valence-electron chi connectivity index (χ0n) is 18.6. The van der Waals surface area contributed by atoms with E-state index < -0.39 is 29.7 Å². The van der Waals surface area contributed by atoms with E-state index in [1.165, 1.54) is 24.3 Å². The fourth-order valence-electron chi connectivity index (χ4n) is 3.45. The number of aromatic nitrogens is 2. The van der Waals surface area contributed by atoms with Crippen LogP contribution in [0.1, 0.15) is 42.6 Å². The molecule has 180 valence electrons. The molecule has 1 heterocycles. The summed E-state index contributed by atoms with van der Waals surface area (Å²) in [6.07, 6.45) is -2.08. The van der Waals surface area contributed by atoms with E-state index >= 15 is 0 Å². The Bertz CT molecular complexity index is 1210. The van der Waals surface area contributed by atoms with Crippen molar-refractivity contribution in [2.75, 3.05) is 11.9 Å². The maximum Gasteiger partial charge on any atom is 0.422 e. The smallest absolute Gasteiger partial charge is 0.422 e. The quantitative estimate of drug-likeness (QED) is 0.440. The number of nitrogens with one attached hydrogen (secondary N) is 2. The van der Waals surface area contributed by atoms with Crippen molar-refractivity contribution < 1.29 is 27.8 Å². The van der Waals surface area contributed by atoms with E-state index in [1.807, 2.05) is 6.92 Å². The third kappa shape index (κ3) is 6.02. The molecular formula is C24H24F3N3O4. The molecule has 0 aliphatic heterocycles. The van der Waals surface area contributed by atoms with Crippen molar-refractivity contribution in [3.05, 3.63) is 76.1 Å². The van der Waals surface area contributed by atoms with Crippen LogP contribution >= 0.6 is 0 Å². The number of hydrogen-bond donors (Lipinski definition) is 3. The number of H-pyrrole nitrogens is 1. The van der Waals surface area contributed by atoms with Crippen LogP contribution in [0.5, 0.6) is 5.75 Å². The Labute approximate surface area is 193 Å². The predicted molar refractivity (Wildman–Crippen MR) is 121 cm³/mol. The molecule has 3 N–H and O–H groups in total. The van der Waals surface area contributed by atoms with Gasteiger partial charge in [0.2, 0.25) is 5.43 Å². The molecule has 0 bridgehead atoms. The largest absolute Gasteiger partial charge is 0.483 e. The fraction of sp³-hybridized carbons (Fsp3) is 0.292. The Kier molecular flexibility index (Phi) is 7.41. The third-order valence-electron chi connectivity index (χ3n) is 5.12. The minimum atomic E-state index is -4.56. The van der Waals surface area contributed by atoms with E-state index in [0.717, 1.165) is 12.6 Å². The van der Waals surface area contributed by atoms with Gasteiger partial charge in [0, 0.05) is 17.4 Å². The maximum atomic E-state index is 13.0. The van der Waals surface area contributed by atoms with E-state index in [4.69, 9.17) is 4.74 Å². The number of hydrogen-bond acceptors (Lipinski definition) is 5. The molecule has 0 spiro atoms. The molecule has 1 aromatic heterocycles. The number of amides is 1. The number of halogens is 3. The van der Waals surface area contributed by atoms with Gasteiger partial charge in [0.25, 0.3) is 5.91 Å². The van der Waals surface area contributed by atoms with E-state index in [9.17, 15) is 27.9 Å². The van der Waals surface area contributed by atoms with Crippen LogP contribution < -0.4 is 15.5 Å². The number of rotatable bonds is 8. The van der Waals surface area contributed by atoms with Gasteiger partial charge in [0.05, 0.1) is 5.60 Å². The summed E-state index contributed by atoms with van der Waals surface area (Å²) in [5, 5.41) is 19.4. The number of nitrogens with zero attached hydrogens (tertiary/aromatic N) is 1. The lowest BCUT2D eigenvalue weighted by molar-refractivity contribution is -0.153. The standard InChI is InChI=1S/C24H24F3N3O4/c1-3-12-23(2,33)15-8-10-16(11-9-15)29-22(32)18-13-28-30-20(21(18)31)17-6-4-5-7-19(17)34-14-24(25,26)27/h4-11,13,33H,3,12,14H2,1-2H3,(H,28,31)(H,29,32). The molecule has 34 heavy (non-hydrogen) atoms. The topological polar surface area (TPSA) is 104 Å². The molecule has 0 aliphatic rings. The number of alkyl halides is 3. The lowest BCUT2D eigenvalue weighted by Gasteiger charge is -2.23. The van der Waals surface area contributed by atoms with Crippen LogP contribution in [0.3, 0.4) is 0 Å². The summed E-state index contributed by atoms with van der Waals surface area (Å²) in [6, 6.07) is 12.2. The molecule has 0 aliphatic carbocycles. The number of carbonyl (C=O) groups excluding carboxylic acids is 1. The zero-order valence-corrected chi connectivity index (χ0v) is 18.6. The monoisotopic (exact) mass is 475 g/mol. The molecule has 0 fully saturated rings. The van der Waals surface area contributed by atoms with Gasteiger partial charge in [-0.25, -0.2) is 0 Å². The summed E-state index contributed by atoms with van der Waals surface area (Å²) >= 11 is 0. The molecule has 0 radical (unpaired) electrons. The number of carbonyl (C=O) groups is 1. The lowest BCUT2D eigenvalue weighted by Crippen LogP contribution is -2.24. The highest BCUT2D eigenvalue weighted by Crippen LogP contribution is 2.29. The number of aliphatic hydroxyl groups is 1. The van der Waals surface area contributed by atoms with Gasteiger partial charge in [0.1, 0.15) is 17.0 Å². The zero-order chi connectivity index (χ0) is 24.9. The summed E-state index contributed by atoms with van der Waals surface area (Å²) in [5.74, 6) is -0.920. The Balaban J connectivity index is 1.85. The van der Waals surface area contributed by atoms with Gasteiger partial charge < -0.3 is 15.2 Å². The molecule has 0 saturated heterocycles. The highest BCUT2D eigenvalue weighted by Gasteiger charge is 2.29. The van der Waals surface area contributed by atoms with Crippen LogP contribution in [0.2, 0.25) is 0 Å². The van der Waals surface area contributed by atoms with Crippen molar-refractivity contribution in [3.8, 4) is 17.0 Å². The first-order valence-electron chi connectivity index (χ1n) is 10.5. The van der Waals surface area contributed by atoms with Crippen LogP contribution in [0.15, 0.2) is 59.5 Å². The summed E-state index contributed by atoms with van der Waals surface area (Å²) in [7, 11) is 0. The first-order valence-corrected chi connectivity index (χ1v) is 10.5. The summed E-state index contributed by atoms with van der Waals surface area (Å²) in [4.78, 5) is 25.7. The molecular weight excluding hydrogens is 451 g/mol. The molecule has 7 nitrogen and oxygen atoms in total. The Hall–Kier alpha value is -3.66. The molecule has 3 aromatic rings. The summed E-state index contributed by atoms with van der Waals surface area (Å²) < 4.78 is 42.6. The molecule has 3 rings (SSSR count). The number of ether oxygens (including phenoxy) is 1. The highest BCUT2D eigenvalue weighted by molar-refractivity contribution is 6.04. The van der Waals surface area contributed by atoms with Gasteiger partial charge in [-0.05, 0) is 43.2 Å². The van der Waals surface area contributed by atoms with Gasteiger partial charge in [-0.2, -0.15) is 18.3 Å². The maximum absolute atomic E-state index is 13.0. The molecule has 10 heteroatoms. The van der Waals surface area contributed by atoms with Gasteiger partial charge >= 0.3 is 6.18 Å². The SMILES string of the molecule is CCCC(C)(O)c1ccc(NC(=O)c2c[nH]nc(-c3ccccc3OCC(F)(F)F)c2=O)cc1. The van der Waals surface area contributed by atoms with Gasteiger partial charge in [-0.15, -0.1) is 0 Å². The fourth-order valence-corrected chi connectivity index (χ4v) is 3.45. The van der Waals surface area contributed by atoms with E-state index in [1.54, 1.807) is 31.2 Å². The second-order valence-electron chi connectivity index (χ2n) is 7.93. The van der Waals surface area contributed by atoms with Gasteiger partial charge in [-0.1, -0.05) is 37.6 Å². The Morgan fingerprint density at radius 1 is 1.15 bits per heavy atom. The molecule has 1 atom stereocenters.